The summed E-state index contributed by atoms with van der Waals surface area (Å²) in [5, 5.41) is 9.18. The molecule has 2 aliphatic rings. The summed E-state index contributed by atoms with van der Waals surface area (Å²) in [7, 11) is 2.06. The third-order valence-corrected chi connectivity index (χ3v) is 4.18. The van der Waals surface area contributed by atoms with E-state index >= 15 is 0 Å². The van der Waals surface area contributed by atoms with Gasteiger partial charge in [0, 0.05) is 18.7 Å². The Bertz CT molecular complexity index is 269. The van der Waals surface area contributed by atoms with Gasteiger partial charge in [-0.2, -0.15) is 0 Å². The molecule has 16 heavy (non-hydrogen) atoms. The van der Waals surface area contributed by atoms with Crippen molar-refractivity contribution in [1.82, 2.24) is 4.90 Å². The molecule has 1 aliphatic carbocycles. The first kappa shape index (κ1) is 11.9. The van der Waals surface area contributed by atoms with E-state index in [0.29, 0.717) is 6.04 Å². The Morgan fingerprint density at radius 2 is 2.06 bits per heavy atom. The van der Waals surface area contributed by atoms with Crippen LogP contribution in [0.5, 0.6) is 0 Å². The van der Waals surface area contributed by atoms with Crippen LogP contribution < -0.4 is 0 Å². The molecule has 1 heterocycles. The molecule has 4 atom stereocenters. The van der Waals surface area contributed by atoms with Crippen LogP contribution in [0.2, 0.25) is 0 Å². The molecular formula is C12H21NO3. The number of ether oxygens (including phenoxy) is 1. The van der Waals surface area contributed by atoms with Gasteiger partial charge in [-0.05, 0) is 33.2 Å². The highest BCUT2D eigenvalue weighted by molar-refractivity contribution is 5.71. The van der Waals surface area contributed by atoms with Crippen LogP contribution in [0.4, 0.5) is 0 Å². The van der Waals surface area contributed by atoms with Gasteiger partial charge in [0.05, 0.1) is 12.0 Å². The Morgan fingerprint density at radius 3 is 2.62 bits per heavy atom. The van der Waals surface area contributed by atoms with Gasteiger partial charge in [0.25, 0.3) is 0 Å². The van der Waals surface area contributed by atoms with E-state index < -0.39 is 5.97 Å². The summed E-state index contributed by atoms with van der Waals surface area (Å²) in [6, 6.07) is 0.594. The average molecular weight is 227 g/mol. The second kappa shape index (κ2) is 4.72. The molecule has 4 nitrogen and oxygen atoms in total. The largest absolute Gasteiger partial charge is 0.481 e. The topological polar surface area (TPSA) is 49.8 Å². The summed E-state index contributed by atoms with van der Waals surface area (Å²) in [4.78, 5) is 13.4. The summed E-state index contributed by atoms with van der Waals surface area (Å²) in [6.45, 7) is 2.89. The van der Waals surface area contributed by atoms with Gasteiger partial charge in [-0.1, -0.05) is 6.42 Å². The molecule has 92 valence electrons. The molecule has 1 aliphatic heterocycles. The summed E-state index contributed by atoms with van der Waals surface area (Å²) in [6.07, 6.45) is 4.14. The molecule has 1 N–H and O–H groups in total. The van der Waals surface area contributed by atoms with Gasteiger partial charge in [0.1, 0.15) is 0 Å². The van der Waals surface area contributed by atoms with E-state index in [0.717, 1.165) is 32.3 Å². The summed E-state index contributed by atoms with van der Waals surface area (Å²) in [5.41, 5.74) is 0. The highest BCUT2D eigenvalue weighted by Gasteiger charge is 2.40. The molecule has 0 aromatic rings. The number of rotatable bonds is 3. The predicted octanol–water partition coefficient (Wildman–Crippen LogP) is 1.35. The summed E-state index contributed by atoms with van der Waals surface area (Å²) < 4.78 is 5.55. The lowest BCUT2D eigenvalue weighted by molar-refractivity contribution is -0.143. The predicted molar refractivity (Wildman–Crippen MR) is 60.3 cm³/mol. The van der Waals surface area contributed by atoms with E-state index in [2.05, 4.69) is 18.9 Å². The second-order valence-corrected chi connectivity index (χ2v) is 5.04. The number of hydrogen-bond acceptors (Lipinski definition) is 3. The van der Waals surface area contributed by atoms with Gasteiger partial charge in [0.15, 0.2) is 0 Å². The Hall–Kier alpha value is -0.610. The lowest BCUT2D eigenvalue weighted by Crippen LogP contribution is -2.46. The molecule has 0 bridgehead atoms. The number of carboxylic acids is 1. The quantitative estimate of drug-likeness (QED) is 0.790. The van der Waals surface area contributed by atoms with Gasteiger partial charge < -0.3 is 9.84 Å². The van der Waals surface area contributed by atoms with Crippen LogP contribution in [0, 0.1) is 5.92 Å². The second-order valence-electron chi connectivity index (χ2n) is 5.04. The van der Waals surface area contributed by atoms with Crippen molar-refractivity contribution in [2.24, 2.45) is 5.92 Å². The van der Waals surface area contributed by atoms with Crippen LogP contribution in [-0.2, 0) is 9.53 Å². The zero-order chi connectivity index (χ0) is 11.7. The van der Waals surface area contributed by atoms with E-state index in [1.54, 1.807) is 0 Å². The van der Waals surface area contributed by atoms with Crippen molar-refractivity contribution in [3.05, 3.63) is 0 Å². The minimum absolute atomic E-state index is 0.183. The smallest absolute Gasteiger partial charge is 0.308 e. The average Bonchev–Trinajstić information content (AvgIpc) is 2.84. The third kappa shape index (κ3) is 2.09. The van der Waals surface area contributed by atoms with Crippen molar-refractivity contribution in [1.29, 1.82) is 0 Å². The summed E-state index contributed by atoms with van der Waals surface area (Å²) in [5.74, 6) is -0.821. The molecule has 1 saturated heterocycles. The van der Waals surface area contributed by atoms with Crippen LogP contribution >= 0.6 is 0 Å². The number of likely N-dealkylation sites (N-methyl/N-ethyl adjacent to an activating group) is 1. The molecule has 4 heteroatoms. The van der Waals surface area contributed by atoms with Crippen molar-refractivity contribution < 1.29 is 14.6 Å². The first-order valence-corrected chi connectivity index (χ1v) is 6.17. The lowest BCUT2D eigenvalue weighted by Gasteiger charge is -2.34. The van der Waals surface area contributed by atoms with Crippen LogP contribution in [0.3, 0.4) is 0 Å². The van der Waals surface area contributed by atoms with Gasteiger partial charge in [0.2, 0.25) is 0 Å². The molecule has 0 aromatic heterocycles. The van der Waals surface area contributed by atoms with Crippen molar-refractivity contribution in [3.8, 4) is 0 Å². The monoisotopic (exact) mass is 227 g/mol. The molecule has 0 spiro atoms. The van der Waals surface area contributed by atoms with Gasteiger partial charge >= 0.3 is 5.97 Å². The Labute approximate surface area is 96.6 Å². The zero-order valence-corrected chi connectivity index (χ0v) is 10.1. The van der Waals surface area contributed by atoms with Crippen LogP contribution in [0.1, 0.15) is 32.6 Å². The standard InChI is InChI=1S/C12H21NO3/c1-8-10(6-7-16-8)13(2)11-5-3-4-9(11)12(14)15/h8-11H,3-7H2,1-2H3,(H,14,15). The Balaban J connectivity index is 2.03. The molecule has 0 aromatic carbocycles. The van der Waals surface area contributed by atoms with Gasteiger partial charge in [-0.15, -0.1) is 0 Å². The molecule has 2 fully saturated rings. The maximum atomic E-state index is 11.2. The molecule has 0 radical (unpaired) electrons. The fraction of sp³-hybridized carbons (Fsp3) is 0.917. The van der Waals surface area contributed by atoms with E-state index in [9.17, 15) is 9.90 Å². The maximum Gasteiger partial charge on any atom is 0.308 e. The Morgan fingerprint density at radius 1 is 1.31 bits per heavy atom. The van der Waals surface area contributed by atoms with Crippen molar-refractivity contribution in [3.63, 3.8) is 0 Å². The highest BCUT2D eigenvalue weighted by Crippen LogP contribution is 2.33. The lowest BCUT2D eigenvalue weighted by atomic mass is 9.99. The molecule has 2 rings (SSSR count). The maximum absolute atomic E-state index is 11.2. The fourth-order valence-corrected chi connectivity index (χ4v) is 3.22. The van der Waals surface area contributed by atoms with Gasteiger partial charge in [-0.25, -0.2) is 0 Å². The number of nitrogens with zero attached hydrogens (tertiary/aromatic N) is 1. The molecule has 1 saturated carbocycles. The number of hydrogen-bond donors (Lipinski definition) is 1. The first-order valence-electron chi connectivity index (χ1n) is 6.17. The summed E-state index contributed by atoms with van der Waals surface area (Å²) >= 11 is 0. The van der Waals surface area contributed by atoms with Crippen LogP contribution in [-0.4, -0.2) is 47.8 Å². The van der Waals surface area contributed by atoms with Crippen molar-refractivity contribution in [2.75, 3.05) is 13.7 Å². The zero-order valence-electron chi connectivity index (χ0n) is 10.1. The molecule has 4 unspecified atom stereocenters. The van der Waals surface area contributed by atoms with E-state index in [-0.39, 0.29) is 18.1 Å². The van der Waals surface area contributed by atoms with E-state index in [1.165, 1.54) is 0 Å². The minimum atomic E-state index is -0.638. The molecule has 0 amide bonds. The van der Waals surface area contributed by atoms with Crippen molar-refractivity contribution >= 4 is 5.97 Å². The third-order valence-electron chi connectivity index (χ3n) is 4.18. The normalized spacial score (nSPS) is 39.4. The number of aliphatic carboxylic acids is 1. The van der Waals surface area contributed by atoms with Crippen LogP contribution in [0.15, 0.2) is 0 Å². The fourth-order valence-electron chi connectivity index (χ4n) is 3.22. The minimum Gasteiger partial charge on any atom is -0.481 e. The Kier molecular flexibility index (Phi) is 3.50. The van der Waals surface area contributed by atoms with Crippen molar-refractivity contribution in [2.45, 2.75) is 50.8 Å². The van der Waals surface area contributed by atoms with E-state index in [4.69, 9.17) is 4.74 Å². The SMILES string of the molecule is CC1OCCC1N(C)C1CCCC1C(=O)O. The van der Waals surface area contributed by atoms with E-state index in [1.807, 2.05) is 0 Å². The van der Waals surface area contributed by atoms with Gasteiger partial charge in [-0.3, -0.25) is 9.69 Å². The first-order chi connectivity index (χ1) is 7.61. The number of carboxylic acid groups (broad SMARTS) is 1. The van der Waals surface area contributed by atoms with Crippen LogP contribution in [0.25, 0.3) is 0 Å². The highest BCUT2D eigenvalue weighted by atomic mass is 16.5. The number of carbonyl (C=O) groups is 1. The molecular weight excluding hydrogens is 206 g/mol.